The van der Waals surface area contributed by atoms with Crippen LogP contribution in [0.5, 0.6) is 0 Å². The van der Waals surface area contributed by atoms with E-state index in [0.717, 1.165) is 17.8 Å². The predicted molar refractivity (Wildman–Crippen MR) is 57.0 cm³/mol. The summed E-state index contributed by atoms with van der Waals surface area (Å²) in [5, 5.41) is 14.8. The third-order valence-electron chi connectivity index (χ3n) is 1.73. The van der Waals surface area contributed by atoms with Gasteiger partial charge in [0.25, 0.3) is 0 Å². The van der Waals surface area contributed by atoms with Crippen molar-refractivity contribution >= 4 is 11.3 Å². The quantitative estimate of drug-likeness (QED) is 0.539. The van der Waals surface area contributed by atoms with Crippen LogP contribution >= 0.6 is 11.3 Å². The molecular formula is C10H15NOS. The summed E-state index contributed by atoms with van der Waals surface area (Å²) in [6, 6.07) is 3.90. The van der Waals surface area contributed by atoms with Crippen molar-refractivity contribution in [2.45, 2.75) is 12.5 Å². The van der Waals surface area contributed by atoms with Crippen LogP contribution in [0.25, 0.3) is 0 Å². The van der Waals surface area contributed by atoms with Crippen molar-refractivity contribution in [2.24, 2.45) is 0 Å². The van der Waals surface area contributed by atoms with E-state index in [1.807, 2.05) is 23.6 Å². The second-order valence-corrected chi connectivity index (χ2v) is 3.79. The Labute approximate surface area is 82.9 Å². The highest BCUT2D eigenvalue weighted by atomic mass is 32.1. The highest BCUT2D eigenvalue weighted by Crippen LogP contribution is 2.17. The van der Waals surface area contributed by atoms with E-state index in [2.05, 4.69) is 11.9 Å². The van der Waals surface area contributed by atoms with Crippen molar-refractivity contribution < 1.29 is 5.11 Å². The van der Waals surface area contributed by atoms with Gasteiger partial charge in [-0.25, -0.2) is 0 Å². The number of aliphatic hydroxyl groups excluding tert-OH is 1. The predicted octanol–water partition coefficient (Wildman–Crippen LogP) is 1.95. The van der Waals surface area contributed by atoms with Crippen LogP contribution in [-0.4, -0.2) is 18.2 Å². The smallest absolute Gasteiger partial charge is 0.101 e. The van der Waals surface area contributed by atoms with Crippen molar-refractivity contribution in [2.75, 3.05) is 13.1 Å². The molecule has 0 spiro atoms. The lowest BCUT2D eigenvalue weighted by Gasteiger charge is -2.08. The second-order valence-electron chi connectivity index (χ2n) is 2.81. The van der Waals surface area contributed by atoms with E-state index in [1.165, 1.54) is 0 Å². The number of hydrogen-bond donors (Lipinski definition) is 2. The molecule has 0 aliphatic heterocycles. The molecule has 1 rings (SSSR count). The summed E-state index contributed by atoms with van der Waals surface area (Å²) in [6.45, 7) is 5.13. The summed E-state index contributed by atoms with van der Waals surface area (Å²) in [4.78, 5) is 1.02. The molecule has 0 saturated carbocycles. The van der Waals surface area contributed by atoms with Gasteiger partial charge in [-0.2, -0.15) is 0 Å². The molecular weight excluding hydrogens is 182 g/mol. The van der Waals surface area contributed by atoms with Crippen LogP contribution in [0.2, 0.25) is 0 Å². The van der Waals surface area contributed by atoms with Crippen LogP contribution in [0.4, 0.5) is 0 Å². The minimum Gasteiger partial charge on any atom is -0.386 e. The summed E-state index contributed by atoms with van der Waals surface area (Å²) in [5.41, 5.74) is 0. The Morgan fingerprint density at radius 2 is 2.54 bits per heavy atom. The van der Waals surface area contributed by atoms with E-state index >= 15 is 0 Å². The average Bonchev–Trinajstić information content (AvgIpc) is 2.65. The molecule has 1 aromatic heterocycles. The molecule has 0 saturated heterocycles. The van der Waals surface area contributed by atoms with Crippen LogP contribution in [0.15, 0.2) is 30.2 Å². The van der Waals surface area contributed by atoms with Gasteiger partial charge in [0, 0.05) is 11.4 Å². The van der Waals surface area contributed by atoms with Gasteiger partial charge in [-0.1, -0.05) is 12.1 Å². The molecule has 1 unspecified atom stereocenters. The molecule has 3 heteroatoms. The van der Waals surface area contributed by atoms with Crippen LogP contribution < -0.4 is 5.32 Å². The Morgan fingerprint density at radius 1 is 1.69 bits per heavy atom. The van der Waals surface area contributed by atoms with E-state index < -0.39 is 0 Å². The maximum absolute atomic E-state index is 9.63. The van der Waals surface area contributed by atoms with Gasteiger partial charge in [-0.05, 0) is 24.4 Å². The molecule has 13 heavy (non-hydrogen) atoms. The van der Waals surface area contributed by atoms with Gasteiger partial charge >= 0.3 is 0 Å². The minimum atomic E-state index is -0.371. The van der Waals surface area contributed by atoms with E-state index in [9.17, 15) is 5.11 Å². The fourth-order valence-corrected chi connectivity index (χ4v) is 1.74. The lowest BCUT2D eigenvalue weighted by atomic mass is 10.3. The monoisotopic (exact) mass is 197 g/mol. The first-order chi connectivity index (χ1) is 6.34. The van der Waals surface area contributed by atoms with Crippen LogP contribution in [-0.2, 0) is 0 Å². The number of hydrogen-bond acceptors (Lipinski definition) is 3. The minimum absolute atomic E-state index is 0.371. The Kier molecular flexibility index (Phi) is 4.75. The molecule has 0 aliphatic rings. The first kappa shape index (κ1) is 10.4. The van der Waals surface area contributed by atoms with Crippen LogP contribution in [0.3, 0.4) is 0 Å². The fraction of sp³-hybridized carbons (Fsp3) is 0.400. The molecule has 0 aliphatic carbocycles. The molecule has 0 radical (unpaired) electrons. The molecule has 1 heterocycles. The van der Waals surface area contributed by atoms with Crippen molar-refractivity contribution in [3.8, 4) is 0 Å². The zero-order valence-electron chi connectivity index (χ0n) is 7.57. The average molecular weight is 197 g/mol. The summed E-state index contributed by atoms with van der Waals surface area (Å²) in [7, 11) is 0. The molecule has 0 aromatic carbocycles. The molecule has 2 nitrogen and oxygen atoms in total. The van der Waals surface area contributed by atoms with E-state index in [0.29, 0.717) is 6.54 Å². The lowest BCUT2D eigenvalue weighted by Crippen LogP contribution is -2.21. The molecule has 0 amide bonds. The highest BCUT2D eigenvalue weighted by Gasteiger charge is 2.06. The Morgan fingerprint density at radius 3 is 3.15 bits per heavy atom. The topological polar surface area (TPSA) is 32.3 Å². The summed E-state index contributed by atoms with van der Waals surface area (Å²) in [6.07, 6.45) is 2.44. The lowest BCUT2D eigenvalue weighted by molar-refractivity contribution is 0.179. The van der Waals surface area contributed by atoms with Gasteiger partial charge in [0.05, 0.1) is 0 Å². The summed E-state index contributed by atoms with van der Waals surface area (Å²) < 4.78 is 0. The van der Waals surface area contributed by atoms with Gasteiger partial charge in [-0.15, -0.1) is 17.9 Å². The third-order valence-corrected chi connectivity index (χ3v) is 2.71. The molecule has 0 fully saturated rings. The Bertz CT molecular complexity index is 233. The summed E-state index contributed by atoms with van der Waals surface area (Å²) >= 11 is 1.58. The molecule has 2 N–H and O–H groups in total. The van der Waals surface area contributed by atoms with Gasteiger partial charge < -0.3 is 10.4 Å². The third kappa shape index (κ3) is 3.72. The zero-order valence-corrected chi connectivity index (χ0v) is 8.39. The molecule has 72 valence electrons. The van der Waals surface area contributed by atoms with E-state index in [1.54, 1.807) is 11.3 Å². The maximum atomic E-state index is 9.63. The first-order valence-electron chi connectivity index (χ1n) is 4.37. The number of rotatable bonds is 6. The first-order valence-corrected chi connectivity index (χ1v) is 5.25. The Hall–Kier alpha value is -0.640. The summed E-state index contributed by atoms with van der Waals surface area (Å²) in [5.74, 6) is 0. The standard InChI is InChI=1S/C10H15NOS/c1-2-3-6-11-8-9(12)10-5-4-7-13-10/h2,4-5,7,9,11-12H,1,3,6,8H2. The Balaban J connectivity index is 2.18. The largest absolute Gasteiger partial charge is 0.386 e. The second kappa shape index (κ2) is 5.91. The fourth-order valence-electron chi connectivity index (χ4n) is 1.02. The van der Waals surface area contributed by atoms with E-state index in [4.69, 9.17) is 0 Å². The molecule has 0 bridgehead atoms. The van der Waals surface area contributed by atoms with Crippen molar-refractivity contribution in [1.29, 1.82) is 0 Å². The van der Waals surface area contributed by atoms with Gasteiger partial charge in [0.1, 0.15) is 6.10 Å². The molecule has 1 atom stereocenters. The van der Waals surface area contributed by atoms with Gasteiger partial charge in [-0.3, -0.25) is 0 Å². The number of aliphatic hydroxyl groups is 1. The normalized spacial score (nSPS) is 12.7. The SMILES string of the molecule is C=CCCNCC(O)c1cccs1. The number of thiophene rings is 1. The van der Waals surface area contributed by atoms with Crippen LogP contribution in [0.1, 0.15) is 17.4 Å². The van der Waals surface area contributed by atoms with Crippen molar-refractivity contribution in [3.63, 3.8) is 0 Å². The van der Waals surface area contributed by atoms with Crippen molar-refractivity contribution in [3.05, 3.63) is 35.0 Å². The molecule has 1 aromatic rings. The maximum Gasteiger partial charge on any atom is 0.101 e. The highest BCUT2D eigenvalue weighted by molar-refractivity contribution is 7.10. The number of nitrogens with one attached hydrogen (secondary N) is 1. The van der Waals surface area contributed by atoms with Crippen LogP contribution in [0, 0.1) is 0 Å². The van der Waals surface area contributed by atoms with Gasteiger partial charge in [0.2, 0.25) is 0 Å². The van der Waals surface area contributed by atoms with Crippen molar-refractivity contribution in [1.82, 2.24) is 5.32 Å². The zero-order chi connectivity index (χ0) is 9.52. The van der Waals surface area contributed by atoms with Gasteiger partial charge in [0.15, 0.2) is 0 Å². The van der Waals surface area contributed by atoms with E-state index in [-0.39, 0.29) is 6.10 Å².